The number of amides is 3. The number of likely N-dealkylation sites (tertiary alicyclic amines) is 1. The number of nitrogens with one attached hydrogen (secondary N) is 1. The molecule has 2 aromatic heterocycles. The molecule has 2 saturated heterocycles. The minimum absolute atomic E-state index is 0.0145. The molecule has 156 valence electrons. The first-order valence-corrected chi connectivity index (χ1v) is 10.4. The van der Waals surface area contributed by atoms with Gasteiger partial charge in [-0.15, -0.1) is 0 Å². The van der Waals surface area contributed by atoms with Crippen LogP contribution in [0.4, 0.5) is 4.79 Å². The smallest absolute Gasteiger partial charge is 0.317 e. The number of pyridine rings is 1. The number of hydrogen-bond acceptors (Lipinski definition) is 4. The van der Waals surface area contributed by atoms with Gasteiger partial charge in [-0.25, -0.2) is 9.31 Å². The maximum atomic E-state index is 12.9. The Morgan fingerprint density at radius 2 is 1.86 bits per heavy atom. The average molecular weight is 399 g/mol. The molecule has 0 spiro atoms. The van der Waals surface area contributed by atoms with Crippen molar-refractivity contribution in [2.75, 3.05) is 39.4 Å². The van der Waals surface area contributed by atoms with Crippen LogP contribution < -0.4 is 5.32 Å². The summed E-state index contributed by atoms with van der Waals surface area (Å²) in [6.45, 7) is 7.83. The Morgan fingerprint density at radius 3 is 2.55 bits per heavy atom. The fraction of sp³-hybridized carbons (Fsp3) is 0.571. The topological polar surface area (TPSA) is 79.2 Å². The fourth-order valence-corrected chi connectivity index (χ4v) is 4.11. The molecule has 0 saturated carbocycles. The molecule has 0 bridgehead atoms. The van der Waals surface area contributed by atoms with Crippen molar-refractivity contribution in [1.82, 2.24) is 24.7 Å². The molecule has 3 amide bonds. The normalized spacial score (nSPS) is 18.4. The molecule has 0 radical (unpaired) electrons. The molecule has 2 aliphatic heterocycles. The summed E-state index contributed by atoms with van der Waals surface area (Å²) in [7, 11) is 0. The van der Waals surface area contributed by atoms with E-state index in [1.54, 1.807) is 10.7 Å². The minimum atomic E-state index is 0.0145. The van der Waals surface area contributed by atoms with Crippen LogP contribution in [0.1, 0.15) is 48.5 Å². The molecule has 4 rings (SSSR count). The molecule has 0 atom stereocenters. The molecule has 0 unspecified atom stereocenters. The van der Waals surface area contributed by atoms with Crippen LogP contribution in [0.2, 0.25) is 0 Å². The second-order valence-corrected chi connectivity index (χ2v) is 8.12. The molecule has 2 aromatic rings. The lowest BCUT2D eigenvalue weighted by Gasteiger charge is -2.32. The molecule has 2 fully saturated rings. The first kappa shape index (κ1) is 19.7. The van der Waals surface area contributed by atoms with Crippen molar-refractivity contribution in [3.05, 3.63) is 35.7 Å². The number of morpholine rings is 1. The van der Waals surface area contributed by atoms with Crippen molar-refractivity contribution in [1.29, 1.82) is 0 Å². The molecule has 4 heterocycles. The first-order chi connectivity index (χ1) is 14.0. The van der Waals surface area contributed by atoms with E-state index in [1.807, 2.05) is 29.8 Å². The average Bonchev–Trinajstić information content (AvgIpc) is 3.16. The van der Waals surface area contributed by atoms with Gasteiger partial charge in [-0.2, -0.15) is 5.10 Å². The van der Waals surface area contributed by atoms with Crippen LogP contribution in [0.25, 0.3) is 5.52 Å². The van der Waals surface area contributed by atoms with Gasteiger partial charge in [0.05, 0.1) is 30.5 Å². The summed E-state index contributed by atoms with van der Waals surface area (Å²) in [5, 5.41) is 7.32. The fourth-order valence-electron chi connectivity index (χ4n) is 4.11. The Morgan fingerprint density at radius 1 is 1.14 bits per heavy atom. The quantitative estimate of drug-likeness (QED) is 0.857. The van der Waals surface area contributed by atoms with Gasteiger partial charge in [-0.1, -0.05) is 0 Å². The van der Waals surface area contributed by atoms with Crippen LogP contribution in [0, 0.1) is 0 Å². The third-order valence-electron chi connectivity index (χ3n) is 5.74. The summed E-state index contributed by atoms with van der Waals surface area (Å²) < 4.78 is 7.12. The standard InChI is InChI=1S/C21H29N5O3/c1-15(2)23-21(28)25-6-3-16(4-7-25)17-5-8-26-19(13-17)18(14-22-26)20(27)24-9-11-29-12-10-24/h5,8,13-16H,3-4,6-7,9-12H2,1-2H3,(H,23,28). The van der Waals surface area contributed by atoms with Gasteiger partial charge >= 0.3 is 6.03 Å². The molecule has 1 N–H and O–H groups in total. The Hall–Kier alpha value is -2.61. The molecule has 8 nitrogen and oxygen atoms in total. The van der Waals surface area contributed by atoms with E-state index in [9.17, 15) is 9.59 Å². The number of carbonyl (C=O) groups excluding carboxylic acids is 2. The lowest BCUT2D eigenvalue weighted by molar-refractivity contribution is 0.0304. The third-order valence-corrected chi connectivity index (χ3v) is 5.74. The lowest BCUT2D eigenvalue weighted by atomic mass is 9.89. The van der Waals surface area contributed by atoms with E-state index >= 15 is 0 Å². The van der Waals surface area contributed by atoms with Crippen LogP contribution in [0.5, 0.6) is 0 Å². The second kappa shape index (κ2) is 8.41. The van der Waals surface area contributed by atoms with Crippen LogP contribution in [0.15, 0.2) is 24.5 Å². The molecular formula is C21H29N5O3. The van der Waals surface area contributed by atoms with Crippen LogP contribution in [-0.4, -0.2) is 76.8 Å². The van der Waals surface area contributed by atoms with E-state index in [2.05, 4.69) is 22.5 Å². The van der Waals surface area contributed by atoms with E-state index in [0.717, 1.165) is 31.4 Å². The van der Waals surface area contributed by atoms with Gasteiger partial charge in [-0.05, 0) is 50.3 Å². The minimum Gasteiger partial charge on any atom is -0.378 e. The monoisotopic (exact) mass is 399 g/mol. The van der Waals surface area contributed by atoms with E-state index in [4.69, 9.17) is 4.74 Å². The predicted octanol–water partition coefficient (Wildman–Crippen LogP) is 2.10. The highest BCUT2D eigenvalue weighted by molar-refractivity contribution is 6.00. The van der Waals surface area contributed by atoms with Gasteiger partial charge in [0, 0.05) is 38.4 Å². The SMILES string of the molecule is CC(C)NC(=O)N1CCC(c2ccn3ncc(C(=O)N4CCOCC4)c3c2)CC1. The van der Waals surface area contributed by atoms with Gasteiger partial charge in [0.15, 0.2) is 0 Å². The Kier molecular flexibility index (Phi) is 5.71. The number of nitrogens with zero attached hydrogens (tertiary/aromatic N) is 4. The number of carbonyl (C=O) groups is 2. The van der Waals surface area contributed by atoms with Gasteiger partial charge in [0.2, 0.25) is 0 Å². The number of hydrogen-bond donors (Lipinski definition) is 1. The first-order valence-electron chi connectivity index (χ1n) is 10.4. The van der Waals surface area contributed by atoms with Crippen LogP contribution in [-0.2, 0) is 4.74 Å². The number of rotatable bonds is 3. The van der Waals surface area contributed by atoms with Gasteiger partial charge in [0.25, 0.3) is 5.91 Å². The number of piperidine rings is 1. The van der Waals surface area contributed by atoms with Crippen molar-refractivity contribution in [2.45, 2.75) is 38.6 Å². The number of urea groups is 1. The van der Waals surface area contributed by atoms with Crippen LogP contribution >= 0.6 is 0 Å². The number of ether oxygens (including phenoxy) is 1. The maximum Gasteiger partial charge on any atom is 0.317 e. The third kappa shape index (κ3) is 4.22. The molecule has 29 heavy (non-hydrogen) atoms. The highest BCUT2D eigenvalue weighted by Crippen LogP contribution is 2.29. The van der Waals surface area contributed by atoms with Gasteiger partial charge < -0.3 is 19.9 Å². The zero-order chi connectivity index (χ0) is 20.4. The predicted molar refractivity (Wildman–Crippen MR) is 109 cm³/mol. The Balaban J connectivity index is 1.48. The summed E-state index contributed by atoms with van der Waals surface area (Å²) in [4.78, 5) is 28.9. The van der Waals surface area contributed by atoms with E-state index in [1.165, 1.54) is 5.56 Å². The molecular weight excluding hydrogens is 370 g/mol. The van der Waals surface area contributed by atoms with E-state index in [-0.39, 0.29) is 18.0 Å². The van der Waals surface area contributed by atoms with Crippen LogP contribution in [0.3, 0.4) is 0 Å². The second-order valence-electron chi connectivity index (χ2n) is 8.12. The van der Waals surface area contributed by atoms with Gasteiger partial charge in [-0.3, -0.25) is 4.79 Å². The summed E-state index contributed by atoms with van der Waals surface area (Å²) in [6, 6.07) is 4.34. The summed E-state index contributed by atoms with van der Waals surface area (Å²) in [6.07, 6.45) is 5.43. The number of aromatic nitrogens is 2. The maximum absolute atomic E-state index is 12.9. The molecule has 2 aliphatic rings. The highest BCUT2D eigenvalue weighted by atomic mass is 16.5. The molecule has 0 aliphatic carbocycles. The summed E-state index contributed by atoms with van der Waals surface area (Å²) >= 11 is 0. The van der Waals surface area contributed by atoms with Crippen molar-refractivity contribution in [3.63, 3.8) is 0 Å². The molecule has 0 aromatic carbocycles. The Labute approximate surface area is 170 Å². The highest BCUT2D eigenvalue weighted by Gasteiger charge is 2.26. The van der Waals surface area contributed by atoms with E-state index < -0.39 is 0 Å². The van der Waals surface area contributed by atoms with Crippen molar-refractivity contribution in [2.24, 2.45) is 0 Å². The lowest BCUT2D eigenvalue weighted by Crippen LogP contribution is -2.46. The summed E-state index contributed by atoms with van der Waals surface area (Å²) in [5.74, 6) is 0.393. The Bertz CT molecular complexity index is 880. The zero-order valence-electron chi connectivity index (χ0n) is 17.1. The van der Waals surface area contributed by atoms with Crippen molar-refractivity contribution in [3.8, 4) is 0 Å². The zero-order valence-corrected chi connectivity index (χ0v) is 17.1. The van der Waals surface area contributed by atoms with Crippen molar-refractivity contribution >= 4 is 17.5 Å². The van der Waals surface area contributed by atoms with Crippen molar-refractivity contribution < 1.29 is 14.3 Å². The summed E-state index contributed by atoms with van der Waals surface area (Å²) in [5.41, 5.74) is 2.69. The largest absolute Gasteiger partial charge is 0.378 e. The molecule has 8 heteroatoms. The van der Waals surface area contributed by atoms with E-state index in [0.29, 0.717) is 37.8 Å². The number of fused-ring (bicyclic) bond motifs is 1. The van der Waals surface area contributed by atoms with Gasteiger partial charge in [0.1, 0.15) is 0 Å².